The Bertz CT molecular complexity index is 875. The van der Waals surface area contributed by atoms with Crippen molar-refractivity contribution in [3.05, 3.63) is 69.9 Å². The van der Waals surface area contributed by atoms with Gasteiger partial charge in [0.15, 0.2) is 0 Å². The molecule has 24 heavy (non-hydrogen) atoms. The summed E-state index contributed by atoms with van der Waals surface area (Å²) in [6.07, 6.45) is 0.965. The van der Waals surface area contributed by atoms with Crippen LogP contribution in [0.5, 0.6) is 0 Å². The van der Waals surface area contributed by atoms with Crippen molar-refractivity contribution >= 4 is 27.7 Å². The van der Waals surface area contributed by atoms with Gasteiger partial charge in [0.2, 0.25) is 5.88 Å². The number of nitrogens with one attached hydrogen (secondary N) is 1. The summed E-state index contributed by atoms with van der Waals surface area (Å²) in [5, 5.41) is 6.57. The number of hydrogen-bond donors (Lipinski definition) is 1. The van der Waals surface area contributed by atoms with Crippen molar-refractivity contribution in [1.82, 2.24) is 5.16 Å². The number of anilines is 1. The number of aryl methyl sites for hydroxylation is 1. The Hall–Kier alpha value is -2.47. The number of nitrogens with zero attached hydrogens (tertiary/aromatic N) is 1. The Morgan fingerprint density at radius 3 is 2.62 bits per heavy atom. The highest BCUT2D eigenvalue weighted by atomic mass is 79.9. The van der Waals surface area contributed by atoms with Crippen LogP contribution >= 0.6 is 15.9 Å². The molecule has 0 saturated heterocycles. The van der Waals surface area contributed by atoms with Gasteiger partial charge in [-0.05, 0) is 46.1 Å². The predicted molar refractivity (Wildman–Crippen MR) is 93.4 cm³/mol. The number of benzene rings is 2. The zero-order chi connectivity index (χ0) is 17.1. The van der Waals surface area contributed by atoms with E-state index in [2.05, 4.69) is 33.3 Å². The molecule has 0 bridgehead atoms. The standard InChI is InChI=1S/C18H14BrFN2O2/c1-2-11-3-5-12(6-4-11)16-10-17(24-22-16)21-18(23)14-8-7-13(20)9-15(14)19/h3-10H,2H2,1H3,(H,21,23). The highest BCUT2D eigenvalue weighted by Crippen LogP contribution is 2.24. The maximum atomic E-state index is 13.1. The van der Waals surface area contributed by atoms with Crippen molar-refractivity contribution in [3.8, 4) is 11.3 Å². The van der Waals surface area contributed by atoms with Crippen LogP contribution in [0, 0.1) is 5.82 Å². The number of carbonyl (C=O) groups is 1. The third-order valence-corrected chi connectivity index (χ3v) is 4.24. The van der Waals surface area contributed by atoms with Crippen LogP contribution in [0.15, 0.2) is 57.5 Å². The van der Waals surface area contributed by atoms with Crippen LogP contribution in [0.2, 0.25) is 0 Å². The Labute approximate surface area is 146 Å². The minimum Gasteiger partial charge on any atom is -0.338 e. The van der Waals surface area contributed by atoms with Crippen LogP contribution in [-0.2, 0) is 6.42 Å². The molecule has 1 N–H and O–H groups in total. The van der Waals surface area contributed by atoms with Crippen molar-refractivity contribution in [1.29, 1.82) is 0 Å². The summed E-state index contributed by atoms with van der Waals surface area (Å²) in [5.41, 5.74) is 3.07. The zero-order valence-corrected chi connectivity index (χ0v) is 14.4. The van der Waals surface area contributed by atoms with E-state index in [0.29, 0.717) is 15.7 Å². The van der Waals surface area contributed by atoms with Crippen LogP contribution in [-0.4, -0.2) is 11.1 Å². The van der Waals surface area contributed by atoms with Gasteiger partial charge in [0, 0.05) is 16.1 Å². The smallest absolute Gasteiger partial charge is 0.259 e. The summed E-state index contributed by atoms with van der Waals surface area (Å²) in [4.78, 5) is 12.2. The van der Waals surface area contributed by atoms with Gasteiger partial charge in [-0.25, -0.2) is 4.39 Å². The van der Waals surface area contributed by atoms with E-state index in [9.17, 15) is 9.18 Å². The first-order valence-corrected chi connectivity index (χ1v) is 8.18. The zero-order valence-electron chi connectivity index (χ0n) is 12.8. The van der Waals surface area contributed by atoms with Gasteiger partial charge in [-0.2, -0.15) is 0 Å². The highest BCUT2D eigenvalue weighted by Gasteiger charge is 2.14. The van der Waals surface area contributed by atoms with Gasteiger partial charge in [-0.15, -0.1) is 0 Å². The van der Waals surface area contributed by atoms with Crippen molar-refractivity contribution < 1.29 is 13.7 Å². The third kappa shape index (κ3) is 3.54. The molecule has 3 aromatic rings. The molecule has 0 fully saturated rings. The second kappa shape index (κ2) is 6.97. The molecule has 0 radical (unpaired) electrons. The van der Waals surface area contributed by atoms with Gasteiger partial charge < -0.3 is 4.52 Å². The first-order valence-electron chi connectivity index (χ1n) is 7.39. The van der Waals surface area contributed by atoms with E-state index in [0.717, 1.165) is 12.0 Å². The number of hydrogen-bond acceptors (Lipinski definition) is 3. The third-order valence-electron chi connectivity index (χ3n) is 3.58. The maximum Gasteiger partial charge on any atom is 0.259 e. The average Bonchev–Trinajstić information content (AvgIpc) is 3.03. The molecule has 6 heteroatoms. The Balaban J connectivity index is 1.76. The summed E-state index contributed by atoms with van der Waals surface area (Å²) >= 11 is 3.17. The summed E-state index contributed by atoms with van der Waals surface area (Å²) < 4.78 is 18.6. The summed E-state index contributed by atoms with van der Waals surface area (Å²) in [7, 11) is 0. The molecule has 3 rings (SSSR count). The van der Waals surface area contributed by atoms with E-state index in [1.165, 1.54) is 23.8 Å². The van der Waals surface area contributed by atoms with Crippen LogP contribution in [0.3, 0.4) is 0 Å². The van der Waals surface area contributed by atoms with Gasteiger partial charge in [0.25, 0.3) is 5.91 Å². The molecule has 4 nitrogen and oxygen atoms in total. The normalized spacial score (nSPS) is 10.6. The van der Waals surface area contributed by atoms with E-state index in [1.54, 1.807) is 6.07 Å². The molecular weight excluding hydrogens is 375 g/mol. The van der Waals surface area contributed by atoms with Crippen molar-refractivity contribution in [3.63, 3.8) is 0 Å². The number of amides is 1. The van der Waals surface area contributed by atoms with Crippen LogP contribution in [0.25, 0.3) is 11.3 Å². The molecule has 1 amide bonds. The molecule has 0 spiro atoms. The van der Waals surface area contributed by atoms with Crippen molar-refractivity contribution in [2.75, 3.05) is 5.32 Å². The highest BCUT2D eigenvalue weighted by molar-refractivity contribution is 9.10. The summed E-state index contributed by atoms with van der Waals surface area (Å²) in [6.45, 7) is 2.09. The lowest BCUT2D eigenvalue weighted by atomic mass is 10.1. The molecule has 1 heterocycles. The van der Waals surface area contributed by atoms with Gasteiger partial charge >= 0.3 is 0 Å². The minimum atomic E-state index is -0.420. The molecule has 0 atom stereocenters. The fourth-order valence-electron chi connectivity index (χ4n) is 2.23. The molecule has 0 saturated carbocycles. The Morgan fingerprint density at radius 1 is 1.21 bits per heavy atom. The molecule has 122 valence electrons. The van der Waals surface area contributed by atoms with E-state index in [4.69, 9.17) is 4.52 Å². The predicted octanol–water partition coefficient (Wildman–Crippen LogP) is 5.06. The van der Waals surface area contributed by atoms with Crippen LogP contribution < -0.4 is 5.32 Å². The van der Waals surface area contributed by atoms with E-state index < -0.39 is 11.7 Å². The molecule has 0 aliphatic rings. The van der Waals surface area contributed by atoms with E-state index >= 15 is 0 Å². The molecule has 2 aromatic carbocycles. The Morgan fingerprint density at radius 2 is 1.96 bits per heavy atom. The Kier molecular flexibility index (Phi) is 4.76. The lowest BCUT2D eigenvalue weighted by molar-refractivity contribution is 0.102. The topological polar surface area (TPSA) is 55.1 Å². The van der Waals surface area contributed by atoms with Gasteiger partial charge in [0.05, 0.1) is 5.56 Å². The molecule has 0 aliphatic carbocycles. The number of carbonyl (C=O) groups excluding carboxylic acids is 1. The first-order chi connectivity index (χ1) is 11.6. The molecule has 0 unspecified atom stereocenters. The average molecular weight is 389 g/mol. The SMILES string of the molecule is CCc1ccc(-c2cc(NC(=O)c3ccc(F)cc3Br)on2)cc1. The number of rotatable bonds is 4. The van der Waals surface area contributed by atoms with Crippen molar-refractivity contribution in [2.45, 2.75) is 13.3 Å². The first kappa shape index (κ1) is 16.4. The largest absolute Gasteiger partial charge is 0.338 e. The fourth-order valence-corrected chi connectivity index (χ4v) is 2.77. The number of aromatic nitrogens is 1. The second-order valence-corrected chi connectivity index (χ2v) is 6.06. The molecule has 0 aliphatic heterocycles. The fraction of sp³-hybridized carbons (Fsp3) is 0.111. The van der Waals surface area contributed by atoms with E-state index in [1.807, 2.05) is 24.3 Å². The van der Waals surface area contributed by atoms with E-state index in [-0.39, 0.29) is 5.88 Å². The maximum absolute atomic E-state index is 13.1. The lowest BCUT2D eigenvalue weighted by Gasteiger charge is -2.03. The van der Waals surface area contributed by atoms with Gasteiger partial charge in [0.1, 0.15) is 11.5 Å². The summed E-state index contributed by atoms with van der Waals surface area (Å²) in [5.74, 6) is -0.604. The second-order valence-electron chi connectivity index (χ2n) is 5.21. The minimum absolute atomic E-state index is 0.228. The van der Waals surface area contributed by atoms with Gasteiger partial charge in [-0.1, -0.05) is 36.3 Å². The van der Waals surface area contributed by atoms with Gasteiger partial charge in [-0.3, -0.25) is 10.1 Å². The quantitative estimate of drug-likeness (QED) is 0.679. The van der Waals surface area contributed by atoms with Crippen LogP contribution in [0.4, 0.5) is 10.3 Å². The molecular formula is C18H14BrFN2O2. The van der Waals surface area contributed by atoms with Crippen molar-refractivity contribution in [2.24, 2.45) is 0 Å². The monoisotopic (exact) mass is 388 g/mol. The number of halogens is 2. The van der Waals surface area contributed by atoms with Crippen LogP contribution in [0.1, 0.15) is 22.8 Å². The lowest BCUT2D eigenvalue weighted by Crippen LogP contribution is -2.12. The molecule has 1 aromatic heterocycles. The summed E-state index contributed by atoms with van der Waals surface area (Å²) in [6, 6.07) is 13.5.